The predicted octanol–water partition coefficient (Wildman–Crippen LogP) is 5.90. The Morgan fingerprint density at radius 1 is 1.05 bits per heavy atom. The van der Waals surface area contributed by atoms with Gasteiger partial charge in [-0.15, -0.1) is 11.5 Å². The van der Waals surface area contributed by atoms with E-state index in [4.69, 9.17) is 0 Å². The van der Waals surface area contributed by atoms with E-state index in [9.17, 15) is 4.57 Å². The molecule has 3 aliphatic rings. The molecule has 0 spiro atoms. The molecule has 0 bridgehead atoms. The molecule has 0 heterocycles. The maximum atomic E-state index is 14.0. The monoisotopic (exact) mass is 286 g/mol. The average molecular weight is 286 g/mol. The fourth-order valence-corrected chi connectivity index (χ4v) is 7.17. The van der Waals surface area contributed by atoms with Crippen LogP contribution in [0.15, 0.2) is 46.4 Å². The van der Waals surface area contributed by atoms with Crippen LogP contribution < -0.4 is 0 Å². The Labute approximate surface area is 122 Å². The fraction of sp³-hybridized carbons (Fsp3) is 0.556. The first kappa shape index (κ1) is 14.0. The molecule has 1 fully saturated rings. The zero-order valence-electron chi connectivity index (χ0n) is 12.1. The molecule has 0 aliphatic heterocycles. The Balaban J connectivity index is 2.06. The summed E-state index contributed by atoms with van der Waals surface area (Å²) in [6, 6.07) is 0. The van der Waals surface area contributed by atoms with Crippen molar-refractivity contribution in [3.05, 3.63) is 46.4 Å². The lowest BCUT2D eigenvalue weighted by Crippen LogP contribution is -2.15. The Morgan fingerprint density at radius 2 is 1.90 bits per heavy atom. The highest BCUT2D eigenvalue weighted by Gasteiger charge is 2.40. The SMILES string of the molecule is O=P(C1=C=CCC=C1)(C1=C=CCCC1)C1CCCCC1. The van der Waals surface area contributed by atoms with Gasteiger partial charge in [-0.3, -0.25) is 0 Å². The van der Waals surface area contributed by atoms with E-state index in [1.807, 2.05) is 6.08 Å². The molecular weight excluding hydrogens is 263 g/mol. The van der Waals surface area contributed by atoms with Crippen molar-refractivity contribution in [1.29, 1.82) is 0 Å². The first-order chi connectivity index (χ1) is 9.82. The van der Waals surface area contributed by atoms with Crippen LogP contribution in [-0.4, -0.2) is 5.66 Å². The molecular formula is C18H23OP. The van der Waals surface area contributed by atoms with Crippen molar-refractivity contribution < 1.29 is 4.57 Å². The molecule has 0 aromatic carbocycles. The quantitative estimate of drug-likeness (QED) is 0.466. The highest BCUT2D eigenvalue weighted by molar-refractivity contribution is 7.73. The molecule has 0 N–H and O–H groups in total. The van der Waals surface area contributed by atoms with Crippen molar-refractivity contribution in [3.8, 4) is 0 Å². The third kappa shape index (κ3) is 2.59. The van der Waals surface area contributed by atoms with Crippen LogP contribution in [0, 0.1) is 0 Å². The maximum Gasteiger partial charge on any atom is 0.157 e. The molecule has 20 heavy (non-hydrogen) atoms. The lowest BCUT2D eigenvalue weighted by atomic mass is 10.0. The van der Waals surface area contributed by atoms with E-state index in [1.54, 1.807) is 0 Å². The van der Waals surface area contributed by atoms with Gasteiger partial charge in [0, 0.05) is 11.0 Å². The summed E-state index contributed by atoms with van der Waals surface area (Å²) in [6.45, 7) is 0. The normalized spacial score (nSPS) is 26.0. The Bertz CT molecular complexity index is 575. The smallest absolute Gasteiger partial charge is 0.157 e. The Hall–Kier alpha value is -0.990. The predicted molar refractivity (Wildman–Crippen MR) is 85.3 cm³/mol. The van der Waals surface area contributed by atoms with Crippen LogP contribution in [0.1, 0.15) is 57.8 Å². The summed E-state index contributed by atoms with van der Waals surface area (Å²) in [6.07, 6.45) is 18.4. The Morgan fingerprint density at radius 3 is 2.55 bits per heavy atom. The minimum Gasteiger partial charge on any atom is -0.312 e. The van der Waals surface area contributed by atoms with Gasteiger partial charge in [-0.25, -0.2) is 0 Å². The zero-order chi connectivity index (χ0) is 13.8. The molecule has 3 aliphatic carbocycles. The third-order valence-corrected chi connectivity index (χ3v) is 8.35. The Kier molecular flexibility index (Phi) is 4.32. The molecule has 1 atom stereocenters. The van der Waals surface area contributed by atoms with E-state index in [-0.39, 0.29) is 0 Å². The summed E-state index contributed by atoms with van der Waals surface area (Å²) < 4.78 is 14.0. The first-order valence-electron chi connectivity index (χ1n) is 7.98. The minimum absolute atomic E-state index is 0.337. The largest absolute Gasteiger partial charge is 0.312 e. The highest BCUT2D eigenvalue weighted by atomic mass is 31.2. The second kappa shape index (κ2) is 6.19. The molecule has 0 aromatic rings. The van der Waals surface area contributed by atoms with Crippen molar-refractivity contribution in [2.45, 2.75) is 63.4 Å². The molecule has 0 radical (unpaired) electrons. The summed E-state index contributed by atoms with van der Waals surface area (Å²) in [7, 11) is -2.48. The summed E-state index contributed by atoms with van der Waals surface area (Å²) >= 11 is 0. The van der Waals surface area contributed by atoms with E-state index in [1.165, 1.54) is 19.3 Å². The molecule has 0 saturated heterocycles. The second-order valence-electron chi connectivity index (χ2n) is 6.01. The third-order valence-electron chi connectivity index (χ3n) is 4.66. The van der Waals surface area contributed by atoms with Crippen LogP contribution in [0.4, 0.5) is 0 Å². The van der Waals surface area contributed by atoms with Gasteiger partial charge in [0.2, 0.25) is 0 Å². The number of hydrogen-bond acceptors (Lipinski definition) is 1. The maximum absolute atomic E-state index is 14.0. The van der Waals surface area contributed by atoms with Gasteiger partial charge in [-0.05, 0) is 56.8 Å². The molecule has 0 amide bonds. The standard InChI is InChI=1S/C18H23OP/c19-20(16-10-4-1-5-11-16,17-12-6-2-7-13-17)18-14-8-3-9-15-18/h4-6,10,18H,1-3,7-9,13-15H2. The lowest BCUT2D eigenvalue weighted by Gasteiger charge is -2.32. The van der Waals surface area contributed by atoms with Gasteiger partial charge in [-0.2, -0.15) is 0 Å². The van der Waals surface area contributed by atoms with Gasteiger partial charge in [0.1, 0.15) is 0 Å². The lowest BCUT2D eigenvalue weighted by molar-refractivity contribution is 0.487. The summed E-state index contributed by atoms with van der Waals surface area (Å²) in [5, 5.41) is 2.06. The van der Waals surface area contributed by atoms with Crippen molar-refractivity contribution in [2.75, 3.05) is 0 Å². The van der Waals surface area contributed by atoms with Crippen molar-refractivity contribution in [2.24, 2.45) is 0 Å². The van der Waals surface area contributed by atoms with E-state index in [0.29, 0.717) is 5.66 Å². The molecule has 106 valence electrons. The molecule has 1 unspecified atom stereocenters. The molecule has 1 nitrogen and oxygen atoms in total. The highest BCUT2D eigenvalue weighted by Crippen LogP contribution is 2.68. The summed E-state index contributed by atoms with van der Waals surface area (Å²) in [4.78, 5) is 0. The van der Waals surface area contributed by atoms with Crippen molar-refractivity contribution in [1.82, 2.24) is 0 Å². The van der Waals surface area contributed by atoms with Crippen LogP contribution >= 0.6 is 7.14 Å². The van der Waals surface area contributed by atoms with Gasteiger partial charge >= 0.3 is 0 Å². The van der Waals surface area contributed by atoms with Crippen LogP contribution in [0.3, 0.4) is 0 Å². The topological polar surface area (TPSA) is 17.1 Å². The molecule has 2 heteroatoms. The molecule has 1 saturated carbocycles. The van der Waals surface area contributed by atoms with Gasteiger partial charge < -0.3 is 4.57 Å². The molecule has 0 aromatic heterocycles. The van der Waals surface area contributed by atoms with Crippen molar-refractivity contribution >= 4 is 7.14 Å². The van der Waals surface area contributed by atoms with Crippen molar-refractivity contribution in [3.63, 3.8) is 0 Å². The average Bonchev–Trinajstić information content (AvgIpc) is 2.56. The van der Waals surface area contributed by atoms with E-state index in [2.05, 4.69) is 29.7 Å². The molecule has 3 rings (SSSR count). The first-order valence-corrected chi connectivity index (χ1v) is 9.76. The fourth-order valence-electron chi connectivity index (χ4n) is 3.57. The van der Waals surface area contributed by atoms with Crippen LogP contribution in [-0.2, 0) is 4.57 Å². The number of hydrogen-bond donors (Lipinski definition) is 0. The van der Waals surface area contributed by atoms with Gasteiger partial charge in [0.15, 0.2) is 7.14 Å². The van der Waals surface area contributed by atoms with Gasteiger partial charge in [0.25, 0.3) is 0 Å². The zero-order valence-corrected chi connectivity index (χ0v) is 13.0. The van der Waals surface area contributed by atoms with E-state index >= 15 is 0 Å². The minimum atomic E-state index is -2.48. The van der Waals surface area contributed by atoms with Crippen LogP contribution in [0.5, 0.6) is 0 Å². The second-order valence-corrected chi connectivity index (χ2v) is 9.08. The van der Waals surface area contributed by atoms with Crippen LogP contribution in [0.2, 0.25) is 0 Å². The number of rotatable bonds is 3. The summed E-state index contributed by atoms with van der Waals surface area (Å²) in [5.74, 6) is 0. The van der Waals surface area contributed by atoms with E-state index in [0.717, 1.165) is 49.2 Å². The van der Waals surface area contributed by atoms with Gasteiger partial charge in [-0.1, -0.05) is 25.3 Å². The summed E-state index contributed by atoms with van der Waals surface area (Å²) in [5.41, 5.74) is 7.03. The number of allylic oxidation sites excluding steroid dienone is 4. The van der Waals surface area contributed by atoms with E-state index < -0.39 is 7.14 Å². The van der Waals surface area contributed by atoms with Gasteiger partial charge in [0.05, 0.1) is 5.31 Å². The van der Waals surface area contributed by atoms with Crippen LogP contribution in [0.25, 0.3) is 0 Å².